The Hall–Kier alpha value is -2.22. The molecule has 0 saturated heterocycles. The standard InChI is InChI=1S/C12H14N2O3/c1-3-14-12(15)8-17-10-5-4-9(7-13)6-11(10)16-2/h4-6H,3,8H2,1-2H3,(H,14,15). The molecule has 1 aromatic rings. The summed E-state index contributed by atoms with van der Waals surface area (Å²) in [5.41, 5.74) is 0.479. The highest BCUT2D eigenvalue weighted by Gasteiger charge is 2.07. The van der Waals surface area contributed by atoms with E-state index in [1.165, 1.54) is 7.11 Å². The number of ether oxygens (including phenoxy) is 2. The molecular weight excluding hydrogens is 220 g/mol. The van der Waals surface area contributed by atoms with Crippen LogP contribution in [-0.4, -0.2) is 26.2 Å². The maximum atomic E-state index is 11.2. The zero-order valence-electron chi connectivity index (χ0n) is 9.82. The van der Waals surface area contributed by atoms with Crippen molar-refractivity contribution in [1.29, 1.82) is 5.26 Å². The van der Waals surface area contributed by atoms with Crippen molar-refractivity contribution in [2.75, 3.05) is 20.3 Å². The zero-order chi connectivity index (χ0) is 12.7. The van der Waals surface area contributed by atoms with Gasteiger partial charge in [-0.1, -0.05) is 0 Å². The van der Waals surface area contributed by atoms with Crippen molar-refractivity contribution in [2.24, 2.45) is 0 Å². The van der Waals surface area contributed by atoms with Crippen molar-refractivity contribution in [3.63, 3.8) is 0 Å². The van der Waals surface area contributed by atoms with Crippen LogP contribution in [0.15, 0.2) is 18.2 Å². The van der Waals surface area contributed by atoms with E-state index in [0.29, 0.717) is 23.6 Å². The van der Waals surface area contributed by atoms with Crippen molar-refractivity contribution < 1.29 is 14.3 Å². The summed E-state index contributed by atoms with van der Waals surface area (Å²) in [6, 6.07) is 6.78. The van der Waals surface area contributed by atoms with E-state index in [0.717, 1.165) is 0 Å². The molecule has 5 nitrogen and oxygen atoms in total. The van der Waals surface area contributed by atoms with Crippen LogP contribution in [0.1, 0.15) is 12.5 Å². The van der Waals surface area contributed by atoms with Crippen LogP contribution in [0.2, 0.25) is 0 Å². The zero-order valence-corrected chi connectivity index (χ0v) is 9.82. The van der Waals surface area contributed by atoms with E-state index in [4.69, 9.17) is 14.7 Å². The predicted octanol–water partition coefficient (Wildman–Crippen LogP) is 1.08. The van der Waals surface area contributed by atoms with Crippen LogP contribution in [0.25, 0.3) is 0 Å². The van der Waals surface area contributed by atoms with Gasteiger partial charge >= 0.3 is 0 Å². The van der Waals surface area contributed by atoms with Crippen LogP contribution in [0.3, 0.4) is 0 Å². The molecule has 0 unspecified atom stereocenters. The number of carbonyl (C=O) groups excluding carboxylic acids is 1. The van der Waals surface area contributed by atoms with Crippen LogP contribution in [0.5, 0.6) is 11.5 Å². The molecule has 5 heteroatoms. The smallest absolute Gasteiger partial charge is 0.257 e. The molecule has 0 aliphatic heterocycles. The lowest BCUT2D eigenvalue weighted by Crippen LogP contribution is -2.28. The van der Waals surface area contributed by atoms with Gasteiger partial charge in [-0.25, -0.2) is 0 Å². The number of hydrogen-bond donors (Lipinski definition) is 1. The van der Waals surface area contributed by atoms with Crippen molar-refractivity contribution in [3.8, 4) is 17.6 Å². The number of benzene rings is 1. The third-order valence-corrected chi connectivity index (χ3v) is 2.03. The summed E-state index contributed by atoms with van der Waals surface area (Å²) >= 11 is 0. The van der Waals surface area contributed by atoms with Gasteiger partial charge in [0.1, 0.15) is 0 Å². The lowest BCUT2D eigenvalue weighted by atomic mass is 10.2. The van der Waals surface area contributed by atoms with Gasteiger partial charge in [-0.15, -0.1) is 0 Å². The van der Waals surface area contributed by atoms with Gasteiger partial charge in [0.15, 0.2) is 18.1 Å². The van der Waals surface area contributed by atoms with Crippen LogP contribution < -0.4 is 14.8 Å². The van der Waals surface area contributed by atoms with Gasteiger partial charge in [0.05, 0.1) is 18.7 Å². The summed E-state index contributed by atoms with van der Waals surface area (Å²) < 4.78 is 10.4. The van der Waals surface area contributed by atoms with E-state index >= 15 is 0 Å². The SMILES string of the molecule is CCNC(=O)COc1ccc(C#N)cc1OC. The molecule has 1 amide bonds. The third kappa shape index (κ3) is 3.68. The van der Waals surface area contributed by atoms with Gasteiger partial charge in [-0.05, 0) is 19.1 Å². The number of nitrogens with one attached hydrogen (secondary N) is 1. The highest BCUT2D eigenvalue weighted by molar-refractivity contribution is 5.77. The van der Waals surface area contributed by atoms with Gasteiger partial charge in [-0.3, -0.25) is 4.79 Å². The number of nitrogens with zero attached hydrogens (tertiary/aromatic N) is 1. The Morgan fingerprint density at radius 3 is 2.82 bits per heavy atom. The number of likely N-dealkylation sites (N-methyl/N-ethyl adjacent to an activating group) is 1. The molecule has 0 aliphatic rings. The summed E-state index contributed by atoms with van der Waals surface area (Å²) in [6.07, 6.45) is 0. The number of hydrogen-bond acceptors (Lipinski definition) is 4. The molecule has 0 fully saturated rings. The number of nitriles is 1. The highest BCUT2D eigenvalue weighted by Crippen LogP contribution is 2.27. The topological polar surface area (TPSA) is 71.3 Å². The normalized spacial score (nSPS) is 9.24. The van der Waals surface area contributed by atoms with Gasteiger partial charge in [0.2, 0.25) is 0 Å². The Morgan fingerprint density at radius 2 is 2.24 bits per heavy atom. The Balaban J connectivity index is 2.71. The monoisotopic (exact) mass is 234 g/mol. The number of methoxy groups -OCH3 is 1. The molecule has 1 N–H and O–H groups in total. The molecule has 0 radical (unpaired) electrons. The average molecular weight is 234 g/mol. The van der Waals surface area contributed by atoms with Gasteiger partial charge in [0, 0.05) is 12.6 Å². The summed E-state index contributed by atoms with van der Waals surface area (Å²) in [5.74, 6) is 0.685. The van der Waals surface area contributed by atoms with Gasteiger partial charge in [0.25, 0.3) is 5.91 Å². The molecule has 0 heterocycles. The molecule has 1 rings (SSSR count). The fourth-order valence-electron chi connectivity index (χ4n) is 1.25. The Labute approximate surface area is 100.0 Å². The van der Waals surface area contributed by atoms with Crippen molar-refractivity contribution >= 4 is 5.91 Å². The predicted molar refractivity (Wildman–Crippen MR) is 61.9 cm³/mol. The molecule has 17 heavy (non-hydrogen) atoms. The molecule has 0 aliphatic carbocycles. The largest absolute Gasteiger partial charge is 0.493 e. The second-order valence-electron chi connectivity index (χ2n) is 3.22. The second kappa shape index (κ2) is 6.38. The van der Waals surface area contributed by atoms with Crippen LogP contribution in [0, 0.1) is 11.3 Å². The molecule has 0 atom stereocenters. The van der Waals surface area contributed by atoms with E-state index in [2.05, 4.69) is 5.32 Å². The first-order valence-corrected chi connectivity index (χ1v) is 5.19. The lowest BCUT2D eigenvalue weighted by molar-refractivity contribution is -0.123. The molecule has 90 valence electrons. The Morgan fingerprint density at radius 1 is 1.47 bits per heavy atom. The number of amides is 1. The minimum Gasteiger partial charge on any atom is -0.493 e. The Kier molecular flexibility index (Phi) is 4.82. The molecule has 0 saturated carbocycles. The summed E-state index contributed by atoms with van der Waals surface area (Å²) in [4.78, 5) is 11.2. The molecule has 0 spiro atoms. The minimum atomic E-state index is -0.195. The Bertz CT molecular complexity index is 438. The average Bonchev–Trinajstić information content (AvgIpc) is 2.36. The minimum absolute atomic E-state index is 0.0733. The number of rotatable bonds is 5. The number of carbonyl (C=O) groups is 1. The lowest BCUT2D eigenvalue weighted by Gasteiger charge is -2.10. The van der Waals surface area contributed by atoms with Crippen molar-refractivity contribution in [1.82, 2.24) is 5.32 Å². The second-order valence-corrected chi connectivity index (χ2v) is 3.22. The first kappa shape index (κ1) is 12.8. The first-order chi connectivity index (χ1) is 8.21. The van der Waals surface area contributed by atoms with Crippen LogP contribution in [0.4, 0.5) is 0 Å². The summed E-state index contributed by atoms with van der Waals surface area (Å²) in [5, 5.41) is 11.3. The van der Waals surface area contributed by atoms with Gasteiger partial charge < -0.3 is 14.8 Å². The summed E-state index contributed by atoms with van der Waals surface area (Å²) in [6.45, 7) is 2.32. The van der Waals surface area contributed by atoms with Gasteiger partial charge in [-0.2, -0.15) is 5.26 Å². The van der Waals surface area contributed by atoms with E-state index in [-0.39, 0.29) is 12.5 Å². The molecular formula is C12H14N2O3. The van der Waals surface area contributed by atoms with E-state index in [1.54, 1.807) is 18.2 Å². The molecule has 0 bridgehead atoms. The van der Waals surface area contributed by atoms with Crippen molar-refractivity contribution in [2.45, 2.75) is 6.92 Å². The highest BCUT2D eigenvalue weighted by atomic mass is 16.5. The molecule has 0 aromatic heterocycles. The van der Waals surface area contributed by atoms with Crippen molar-refractivity contribution in [3.05, 3.63) is 23.8 Å². The van der Waals surface area contributed by atoms with E-state index in [1.807, 2.05) is 13.0 Å². The fourth-order valence-corrected chi connectivity index (χ4v) is 1.25. The van der Waals surface area contributed by atoms with E-state index in [9.17, 15) is 4.79 Å². The molecule has 1 aromatic carbocycles. The fraction of sp³-hybridized carbons (Fsp3) is 0.333. The maximum Gasteiger partial charge on any atom is 0.257 e. The summed E-state index contributed by atoms with van der Waals surface area (Å²) in [7, 11) is 1.48. The third-order valence-electron chi connectivity index (χ3n) is 2.03. The van der Waals surface area contributed by atoms with Crippen LogP contribution in [-0.2, 0) is 4.79 Å². The first-order valence-electron chi connectivity index (χ1n) is 5.19. The van der Waals surface area contributed by atoms with Crippen LogP contribution >= 0.6 is 0 Å². The van der Waals surface area contributed by atoms with E-state index < -0.39 is 0 Å². The quantitative estimate of drug-likeness (QED) is 0.827. The maximum absolute atomic E-state index is 11.2.